The summed E-state index contributed by atoms with van der Waals surface area (Å²) in [7, 11) is 2.29. The Labute approximate surface area is 102 Å². The smallest absolute Gasteiger partial charge is 0.139 e. The van der Waals surface area contributed by atoms with Gasteiger partial charge in [-0.2, -0.15) is 0 Å². The Morgan fingerprint density at radius 2 is 1.94 bits per heavy atom. The van der Waals surface area contributed by atoms with E-state index in [1.165, 1.54) is 12.8 Å². The second-order valence-corrected chi connectivity index (χ2v) is 7.01. The van der Waals surface area contributed by atoms with Crippen LogP contribution in [-0.2, 0) is 4.74 Å². The molecule has 1 saturated carbocycles. The minimum Gasteiger partial charge on any atom is -0.380 e. The zero-order valence-corrected chi connectivity index (χ0v) is 11.8. The van der Waals surface area contributed by atoms with Crippen LogP contribution in [0.4, 0.5) is 0 Å². The highest BCUT2D eigenvalue weighted by Gasteiger charge is 2.61. The highest BCUT2D eigenvalue weighted by atomic mass is 16.5. The van der Waals surface area contributed by atoms with Gasteiger partial charge in [0.15, 0.2) is 0 Å². The van der Waals surface area contributed by atoms with Gasteiger partial charge in [0.05, 0.1) is 5.60 Å². The molecular formula is C14H27BO. The molecule has 0 aromatic rings. The molecular weight excluding hydrogens is 195 g/mol. The Morgan fingerprint density at radius 1 is 1.31 bits per heavy atom. The number of hydrogen-bond acceptors (Lipinski definition) is 1. The van der Waals surface area contributed by atoms with Gasteiger partial charge >= 0.3 is 0 Å². The maximum Gasteiger partial charge on any atom is 0.139 e. The van der Waals surface area contributed by atoms with Crippen molar-refractivity contribution < 1.29 is 4.74 Å². The van der Waals surface area contributed by atoms with Gasteiger partial charge in [0.25, 0.3) is 0 Å². The molecule has 1 aliphatic carbocycles. The van der Waals surface area contributed by atoms with E-state index in [0.717, 1.165) is 29.6 Å². The van der Waals surface area contributed by atoms with E-state index in [0.29, 0.717) is 6.00 Å². The van der Waals surface area contributed by atoms with Crippen LogP contribution in [-0.4, -0.2) is 19.5 Å². The van der Waals surface area contributed by atoms with Crippen molar-refractivity contribution >= 4 is 7.85 Å². The van der Waals surface area contributed by atoms with Gasteiger partial charge < -0.3 is 4.74 Å². The van der Waals surface area contributed by atoms with Gasteiger partial charge in [0.2, 0.25) is 0 Å². The van der Waals surface area contributed by atoms with E-state index in [-0.39, 0.29) is 5.60 Å². The van der Waals surface area contributed by atoms with E-state index in [4.69, 9.17) is 4.74 Å². The van der Waals surface area contributed by atoms with Gasteiger partial charge in [0.1, 0.15) is 7.85 Å². The zero-order chi connectivity index (χ0) is 12.1. The molecule has 2 fully saturated rings. The maximum atomic E-state index is 6.40. The Hall–Kier alpha value is 0.0249. The summed E-state index contributed by atoms with van der Waals surface area (Å²) in [6.07, 6.45) is 2.55. The van der Waals surface area contributed by atoms with Crippen molar-refractivity contribution in [1.82, 2.24) is 0 Å². The molecule has 0 amide bonds. The summed E-state index contributed by atoms with van der Waals surface area (Å²) in [5.74, 6) is 3.96. The van der Waals surface area contributed by atoms with Gasteiger partial charge in [-0.1, -0.05) is 34.6 Å². The molecule has 5 unspecified atom stereocenters. The predicted molar refractivity (Wildman–Crippen MR) is 71.2 cm³/mol. The fraction of sp³-hybridized carbons (Fsp3) is 1.00. The highest BCUT2D eigenvalue weighted by Crippen LogP contribution is 2.59. The SMILES string of the molecule is BC1OC2(CC(C)C)CC(C)C1C2C(C)C. The monoisotopic (exact) mass is 222 g/mol. The first kappa shape index (κ1) is 12.5. The first-order valence-electron chi connectivity index (χ1n) is 7.05. The van der Waals surface area contributed by atoms with Crippen LogP contribution in [0.15, 0.2) is 0 Å². The second kappa shape index (κ2) is 4.05. The van der Waals surface area contributed by atoms with E-state index >= 15 is 0 Å². The van der Waals surface area contributed by atoms with E-state index in [1.54, 1.807) is 0 Å². The molecule has 2 aliphatic rings. The summed E-state index contributed by atoms with van der Waals surface area (Å²) in [5, 5.41) is 0. The maximum absolute atomic E-state index is 6.40. The quantitative estimate of drug-likeness (QED) is 0.667. The summed E-state index contributed by atoms with van der Waals surface area (Å²) in [6.45, 7) is 11.9. The molecule has 5 atom stereocenters. The molecule has 1 heterocycles. The van der Waals surface area contributed by atoms with Crippen molar-refractivity contribution in [2.75, 3.05) is 0 Å². The van der Waals surface area contributed by atoms with Crippen molar-refractivity contribution in [3.8, 4) is 0 Å². The van der Waals surface area contributed by atoms with Gasteiger partial charge in [-0.05, 0) is 42.4 Å². The average Bonchev–Trinajstić information content (AvgIpc) is 2.49. The molecule has 1 aliphatic heterocycles. The van der Waals surface area contributed by atoms with Crippen LogP contribution in [0.1, 0.15) is 47.5 Å². The average molecular weight is 222 g/mol. The van der Waals surface area contributed by atoms with E-state index < -0.39 is 0 Å². The summed E-state index contributed by atoms with van der Waals surface area (Å²) >= 11 is 0. The van der Waals surface area contributed by atoms with Crippen LogP contribution < -0.4 is 0 Å². The number of fused-ring (bicyclic) bond motifs is 2. The van der Waals surface area contributed by atoms with Crippen LogP contribution in [0.3, 0.4) is 0 Å². The van der Waals surface area contributed by atoms with Crippen LogP contribution >= 0.6 is 0 Å². The Bertz CT molecular complexity index is 249. The first-order valence-corrected chi connectivity index (χ1v) is 7.05. The van der Waals surface area contributed by atoms with Gasteiger partial charge in [-0.3, -0.25) is 0 Å². The number of rotatable bonds is 3. The van der Waals surface area contributed by atoms with E-state index in [1.807, 2.05) is 0 Å². The third-order valence-corrected chi connectivity index (χ3v) is 4.78. The first-order chi connectivity index (χ1) is 7.37. The third kappa shape index (κ3) is 1.74. The van der Waals surface area contributed by atoms with Crippen LogP contribution in [0, 0.1) is 29.6 Å². The lowest BCUT2D eigenvalue weighted by molar-refractivity contribution is -0.0763. The minimum atomic E-state index is 0.214. The van der Waals surface area contributed by atoms with E-state index in [9.17, 15) is 0 Å². The molecule has 0 aromatic heterocycles. The van der Waals surface area contributed by atoms with Gasteiger partial charge in [-0.15, -0.1) is 0 Å². The standard InChI is InChI=1S/C14H27BO/c1-8(2)6-14-7-10(5)11(13(15)16-14)12(14)9(3)4/h8-13H,6-7,15H2,1-5H3. The van der Waals surface area contributed by atoms with Crippen molar-refractivity contribution in [3.05, 3.63) is 0 Å². The largest absolute Gasteiger partial charge is 0.380 e. The zero-order valence-electron chi connectivity index (χ0n) is 11.8. The lowest BCUT2D eigenvalue weighted by Crippen LogP contribution is -2.38. The van der Waals surface area contributed by atoms with Gasteiger partial charge in [0, 0.05) is 6.00 Å². The van der Waals surface area contributed by atoms with Crippen molar-refractivity contribution in [2.24, 2.45) is 29.6 Å². The molecule has 16 heavy (non-hydrogen) atoms. The summed E-state index contributed by atoms with van der Waals surface area (Å²) < 4.78 is 6.40. The highest BCUT2D eigenvalue weighted by molar-refractivity contribution is 6.11. The minimum absolute atomic E-state index is 0.214. The van der Waals surface area contributed by atoms with Crippen LogP contribution in [0.2, 0.25) is 0 Å². The molecule has 0 aromatic carbocycles. The Kier molecular flexibility index (Phi) is 3.16. The fourth-order valence-corrected chi connectivity index (χ4v) is 4.86. The van der Waals surface area contributed by atoms with Crippen molar-refractivity contribution in [2.45, 2.75) is 59.1 Å². The van der Waals surface area contributed by atoms with Crippen molar-refractivity contribution in [3.63, 3.8) is 0 Å². The Morgan fingerprint density at radius 3 is 2.38 bits per heavy atom. The van der Waals surface area contributed by atoms with Crippen LogP contribution in [0.25, 0.3) is 0 Å². The Balaban J connectivity index is 2.28. The summed E-state index contributed by atoms with van der Waals surface area (Å²) in [5.41, 5.74) is 0.214. The lowest BCUT2D eigenvalue weighted by atomic mass is 9.72. The normalized spacial score (nSPS) is 47.2. The van der Waals surface area contributed by atoms with E-state index in [2.05, 4.69) is 42.5 Å². The molecule has 1 saturated heterocycles. The summed E-state index contributed by atoms with van der Waals surface area (Å²) in [6, 6.07) is 0.481. The molecule has 0 spiro atoms. The molecule has 0 radical (unpaired) electrons. The molecule has 0 N–H and O–H groups in total. The van der Waals surface area contributed by atoms with Crippen molar-refractivity contribution in [1.29, 1.82) is 0 Å². The fourth-order valence-electron chi connectivity index (χ4n) is 4.86. The number of hydrogen-bond donors (Lipinski definition) is 0. The third-order valence-electron chi connectivity index (χ3n) is 4.78. The lowest BCUT2D eigenvalue weighted by Gasteiger charge is -2.36. The summed E-state index contributed by atoms with van der Waals surface area (Å²) in [4.78, 5) is 0. The second-order valence-electron chi connectivity index (χ2n) is 7.01. The predicted octanol–water partition coefficient (Wildman–Crippen LogP) is 2.69. The molecule has 2 rings (SSSR count). The molecule has 2 heteroatoms. The van der Waals surface area contributed by atoms with Crippen LogP contribution in [0.5, 0.6) is 0 Å². The topological polar surface area (TPSA) is 9.23 Å². The van der Waals surface area contributed by atoms with Gasteiger partial charge in [-0.25, -0.2) is 0 Å². The molecule has 92 valence electrons. The molecule has 2 bridgehead atoms. The molecule has 1 nitrogen and oxygen atoms in total. The number of ether oxygens (including phenoxy) is 1.